The number of nitrogens with zero attached hydrogens (tertiary/aromatic N) is 1. The van der Waals surface area contributed by atoms with Crippen molar-refractivity contribution in [2.45, 2.75) is 58.4 Å². The minimum absolute atomic E-state index is 0.131. The van der Waals surface area contributed by atoms with Crippen LogP contribution in [0.3, 0.4) is 0 Å². The van der Waals surface area contributed by atoms with Crippen molar-refractivity contribution in [3.05, 3.63) is 16.1 Å². The Bertz CT molecular complexity index is 345. The number of aromatic nitrogens is 1. The molecule has 2 nitrogen and oxygen atoms in total. The van der Waals surface area contributed by atoms with Crippen LogP contribution < -0.4 is 5.73 Å². The van der Waals surface area contributed by atoms with E-state index in [9.17, 15) is 0 Å². The molecule has 90 valence electrons. The zero-order chi connectivity index (χ0) is 11.8. The molecule has 0 aliphatic heterocycles. The van der Waals surface area contributed by atoms with Gasteiger partial charge in [-0.05, 0) is 38.0 Å². The summed E-state index contributed by atoms with van der Waals surface area (Å²) >= 11 is 1.81. The van der Waals surface area contributed by atoms with Gasteiger partial charge in [-0.2, -0.15) is 0 Å². The Hall–Kier alpha value is -0.410. The maximum Gasteiger partial charge on any atom is 0.0959 e. The molecular formula is C13H22N2S. The number of nitrogens with two attached hydrogens (primary N) is 1. The van der Waals surface area contributed by atoms with Crippen molar-refractivity contribution >= 4 is 11.3 Å². The minimum atomic E-state index is 0.131. The van der Waals surface area contributed by atoms with Crippen molar-refractivity contribution in [3.8, 4) is 0 Å². The second-order valence-electron chi connectivity index (χ2n) is 5.83. The highest BCUT2D eigenvalue weighted by Crippen LogP contribution is 2.43. The topological polar surface area (TPSA) is 38.9 Å². The molecule has 0 amide bonds. The first kappa shape index (κ1) is 12.1. The van der Waals surface area contributed by atoms with E-state index in [4.69, 9.17) is 5.73 Å². The molecule has 1 saturated carbocycles. The first-order valence-corrected chi connectivity index (χ1v) is 7.01. The second kappa shape index (κ2) is 4.46. The normalized spacial score (nSPS) is 23.2. The molecule has 2 rings (SSSR count). The monoisotopic (exact) mass is 238 g/mol. The maximum absolute atomic E-state index is 5.87. The van der Waals surface area contributed by atoms with Crippen LogP contribution in [-0.2, 0) is 0 Å². The fourth-order valence-electron chi connectivity index (χ4n) is 2.35. The van der Waals surface area contributed by atoms with Gasteiger partial charge in [0.25, 0.3) is 0 Å². The molecule has 0 bridgehead atoms. The summed E-state index contributed by atoms with van der Waals surface area (Å²) < 4.78 is 0. The molecule has 1 aromatic heterocycles. The maximum atomic E-state index is 5.87. The zero-order valence-corrected chi connectivity index (χ0v) is 11.3. The van der Waals surface area contributed by atoms with Crippen molar-refractivity contribution in [3.63, 3.8) is 0 Å². The first-order chi connectivity index (χ1) is 7.48. The third-order valence-corrected chi connectivity index (χ3v) is 5.04. The summed E-state index contributed by atoms with van der Waals surface area (Å²) in [6.45, 7) is 6.78. The minimum Gasteiger partial charge on any atom is -0.323 e. The predicted octanol–water partition coefficient (Wildman–Crippen LogP) is 3.85. The molecule has 16 heavy (non-hydrogen) atoms. The lowest BCUT2D eigenvalue weighted by Crippen LogP contribution is -2.20. The van der Waals surface area contributed by atoms with Crippen molar-refractivity contribution < 1.29 is 0 Å². The Morgan fingerprint density at radius 3 is 2.56 bits per heavy atom. The van der Waals surface area contributed by atoms with Crippen LogP contribution in [0.25, 0.3) is 0 Å². The van der Waals surface area contributed by atoms with Crippen molar-refractivity contribution in [1.82, 2.24) is 4.98 Å². The van der Waals surface area contributed by atoms with Crippen LogP contribution >= 0.6 is 11.3 Å². The molecule has 0 saturated heterocycles. The second-order valence-corrected chi connectivity index (χ2v) is 6.92. The quantitative estimate of drug-likeness (QED) is 0.850. The van der Waals surface area contributed by atoms with Gasteiger partial charge in [-0.25, -0.2) is 4.98 Å². The van der Waals surface area contributed by atoms with Crippen LogP contribution in [0.2, 0.25) is 0 Å². The lowest BCUT2D eigenvalue weighted by Gasteiger charge is -2.33. The largest absolute Gasteiger partial charge is 0.323 e. The standard InChI is InChI=1S/C13H22N2S/c1-9(14)11-8-15-12(16-11)10-4-6-13(2,3)7-5-10/h8-10H,4-7,14H2,1-3H3. The summed E-state index contributed by atoms with van der Waals surface area (Å²) in [6.07, 6.45) is 7.19. The van der Waals surface area contributed by atoms with E-state index in [1.165, 1.54) is 35.6 Å². The van der Waals surface area contributed by atoms with Crippen LogP contribution in [0.15, 0.2) is 6.20 Å². The van der Waals surface area contributed by atoms with Gasteiger partial charge in [0.1, 0.15) is 0 Å². The average Bonchev–Trinajstić information content (AvgIpc) is 2.66. The molecule has 1 atom stereocenters. The molecule has 1 fully saturated rings. The summed E-state index contributed by atoms with van der Waals surface area (Å²) in [7, 11) is 0. The van der Waals surface area contributed by atoms with Gasteiger partial charge in [-0.3, -0.25) is 0 Å². The summed E-state index contributed by atoms with van der Waals surface area (Å²) in [5.41, 5.74) is 6.41. The predicted molar refractivity (Wildman–Crippen MR) is 69.7 cm³/mol. The fourth-order valence-corrected chi connectivity index (χ4v) is 3.39. The molecule has 1 heterocycles. The summed E-state index contributed by atoms with van der Waals surface area (Å²) in [6, 6.07) is 0.131. The van der Waals surface area contributed by atoms with Crippen LogP contribution in [-0.4, -0.2) is 4.98 Å². The van der Waals surface area contributed by atoms with E-state index in [1.807, 2.05) is 24.5 Å². The molecule has 1 unspecified atom stereocenters. The first-order valence-electron chi connectivity index (χ1n) is 6.19. The van der Waals surface area contributed by atoms with E-state index in [0.29, 0.717) is 11.3 Å². The molecule has 3 heteroatoms. The molecular weight excluding hydrogens is 216 g/mol. The van der Waals surface area contributed by atoms with E-state index in [0.717, 1.165) is 0 Å². The van der Waals surface area contributed by atoms with Gasteiger partial charge in [0.05, 0.1) is 5.01 Å². The van der Waals surface area contributed by atoms with Gasteiger partial charge in [0.2, 0.25) is 0 Å². The van der Waals surface area contributed by atoms with Crippen LogP contribution in [0.5, 0.6) is 0 Å². The van der Waals surface area contributed by atoms with Crippen LogP contribution in [0.4, 0.5) is 0 Å². The molecule has 2 N–H and O–H groups in total. The highest BCUT2D eigenvalue weighted by molar-refractivity contribution is 7.11. The summed E-state index contributed by atoms with van der Waals surface area (Å²) in [5.74, 6) is 0.686. The summed E-state index contributed by atoms with van der Waals surface area (Å²) in [4.78, 5) is 5.77. The van der Waals surface area contributed by atoms with E-state index in [-0.39, 0.29) is 6.04 Å². The number of rotatable bonds is 2. The lowest BCUT2D eigenvalue weighted by molar-refractivity contribution is 0.224. The molecule has 0 aromatic carbocycles. The molecule has 0 spiro atoms. The van der Waals surface area contributed by atoms with Crippen molar-refractivity contribution in [2.75, 3.05) is 0 Å². The fraction of sp³-hybridized carbons (Fsp3) is 0.769. The third kappa shape index (κ3) is 2.64. The van der Waals surface area contributed by atoms with Gasteiger partial charge < -0.3 is 5.73 Å². The summed E-state index contributed by atoms with van der Waals surface area (Å²) in [5, 5.41) is 1.31. The Morgan fingerprint density at radius 2 is 2.06 bits per heavy atom. The van der Waals surface area contributed by atoms with E-state index < -0.39 is 0 Å². The van der Waals surface area contributed by atoms with Gasteiger partial charge in [-0.15, -0.1) is 11.3 Å². The lowest BCUT2D eigenvalue weighted by atomic mass is 9.73. The van der Waals surface area contributed by atoms with E-state index in [1.54, 1.807) is 0 Å². The van der Waals surface area contributed by atoms with Crippen LogP contribution in [0.1, 0.15) is 68.3 Å². The Morgan fingerprint density at radius 1 is 1.44 bits per heavy atom. The molecule has 1 aliphatic carbocycles. The third-order valence-electron chi connectivity index (χ3n) is 3.68. The van der Waals surface area contributed by atoms with Crippen molar-refractivity contribution in [1.29, 1.82) is 0 Å². The number of hydrogen-bond acceptors (Lipinski definition) is 3. The number of thiazole rings is 1. The van der Waals surface area contributed by atoms with Crippen LogP contribution in [0, 0.1) is 5.41 Å². The van der Waals surface area contributed by atoms with E-state index in [2.05, 4.69) is 18.8 Å². The Labute approximate surface area is 102 Å². The number of hydrogen-bond donors (Lipinski definition) is 1. The molecule has 1 aliphatic rings. The van der Waals surface area contributed by atoms with Gasteiger partial charge in [-0.1, -0.05) is 13.8 Å². The smallest absolute Gasteiger partial charge is 0.0959 e. The SMILES string of the molecule is CC(N)c1cnc(C2CCC(C)(C)CC2)s1. The highest BCUT2D eigenvalue weighted by atomic mass is 32.1. The molecule has 0 radical (unpaired) electrons. The van der Waals surface area contributed by atoms with Gasteiger partial charge >= 0.3 is 0 Å². The Balaban J connectivity index is 2.03. The average molecular weight is 238 g/mol. The highest BCUT2D eigenvalue weighted by Gasteiger charge is 2.29. The molecule has 1 aromatic rings. The van der Waals surface area contributed by atoms with Crippen molar-refractivity contribution in [2.24, 2.45) is 11.1 Å². The van der Waals surface area contributed by atoms with E-state index >= 15 is 0 Å². The van der Waals surface area contributed by atoms with Gasteiger partial charge in [0, 0.05) is 23.0 Å². The zero-order valence-electron chi connectivity index (χ0n) is 10.5. The van der Waals surface area contributed by atoms with Gasteiger partial charge in [0.15, 0.2) is 0 Å². The Kier molecular flexibility index (Phi) is 3.36.